The highest BCUT2D eigenvalue weighted by atomic mass is 35.5. The van der Waals surface area contributed by atoms with Crippen LogP contribution in [0.1, 0.15) is 70.8 Å². The van der Waals surface area contributed by atoms with Gasteiger partial charge in [0, 0.05) is 35.8 Å². The fourth-order valence-corrected chi connectivity index (χ4v) is 5.36. The van der Waals surface area contributed by atoms with Gasteiger partial charge in [-0.25, -0.2) is 8.78 Å². The average molecular weight is 621 g/mol. The molecule has 1 saturated carbocycles. The molecule has 1 aliphatic rings. The Morgan fingerprint density at radius 2 is 1.82 bits per heavy atom. The zero-order valence-corrected chi connectivity index (χ0v) is 25.9. The predicted octanol–water partition coefficient (Wildman–Crippen LogP) is 5.45. The Kier molecular flexibility index (Phi) is 12.5. The lowest BCUT2D eigenvalue weighted by molar-refractivity contribution is 0.0822. The maximum Gasteiger partial charge on any atom is 0.251 e. The van der Waals surface area contributed by atoms with Gasteiger partial charge >= 0.3 is 0 Å². The monoisotopic (exact) mass is 620 g/mol. The molecular weight excluding hydrogens is 582 g/mol. The van der Waals surface area contributed by atoms with Crippen LogP contribution in [0.25, 0.3) is 0 Å². The van der Waals surface area contributed by atoms with E-state index in [1.165, 1.54) is 18.2 Å². The Morgan fingerprint density at radius 1 is 1.09 bits per heavy atom. The molecule has 0 radical (unpaired) electrons. The average Bonchev–Trinajstić information content (AvgIpc) is 3.79. The van der Waals surface area contributed by atoms with Gasteiger partial charge in [-0.3, -0.25) is 4.79 Å². The number of unbranched alkanes of at least 4 members (excludes halogenated alkanes) is 1. The van der Waals surface area contributed by atoms with E-state index in [0.717, 1.165) is 55.0 Å². The molecule has 0 unspecified atom stereocenters. The first-order valence-corrected chi connectivity index (χ1v) is 14.6. The minimum Gasteiger partial charge on any atom is -0.390 e. The van der Waals surface area contributed by atoms with Crippen LogP contribution >= 0.6 is 12.4 Å². The lowest BCUT2D eigenvalue weighted by atomic mass is 9.98. The van der Waals surface area contributed by atoms with Crippen molar-refractivity contribution in [2.75, 3.05) is 20.1 Å². The summed E-state index contributed by atoms with van der Waals surface area (Å²) in [6.07, 6.45) is 8.29. The summed E-state index contributed by atoms with van der Waals surface area (Å²) in [5, 5.41) is 27.3. The molecule has 2 atom stereocenters. The number of carbonyl (C=O) groups is 1. The van der Waals surface area contributed by atoms with Crippen molar-refractivity contribution in [2.45, 2.75) is 63.3 Å². The van der Waals surface area contributed by atoms with Gasteiger partial charge in [0.05, 0.1) is 23.8 Å². The van der Waals surface area contributed by atoms with E-state index in [4.69, 9.17) is 6.42 Å². The largest absolute Gasteiger partial charge is 0.390 e. The summed E-state index contributed by atoms with van der Waals surface area (Å²) in [6, 6.07) is 17.1. The Hall–Kier alpha value is -3.79. The Bertz CT molecular complexity index is 1510. The van der Waals surface area contributed by atoms with Gasteiger partial charge in [0.25, 0.3) is 5.91 Å². The molecular formula is C35H39ClF2N4O2. The van der Waals surface area contributed by atoms with E-state index in [1.807, 2.05) is 31.3 Å². The SMILES string of the molecule is C#Cc1cccc(C2(NC[C@H](O)[C@H](Cc3cc(F)cc(F)c3)NC(=O)c3cc(C#N)cc(CN(C)CCCC)c3)CC2)c1.Cl. The second-order valence-electron chi connectivity index (χ2n) is 11.4. The summed E-state index contributed by atoms with van der Waals surface area (Å²) in [5.41, 5.74) is 3.19. The number of rotatable bonds is 14. The van der Waals surface area contributed by atoms with Crippen LogP contribution in [-0.4, -0.2) is 48.2 Å². The van der Waals surface area contributed by atoms with Gasteiger partial charge in [-0.15, -0.1) is 18.8 Å². The number of nitriles is 1. The third-order valence-corrected chi connectivity index (χ3v) is 7.87. The molecule has 0 heterocycles. The molecule has 6 nitrogen and oxygen atoms in total. The number of nitrogens with zero attached hydrogens (tertiary/aromatic N) is 2. The van der Waals surface area contributed by atoms with E-state index in [1.54, 1.807) is 12.1 Å². The molecule has 4 rings (SSSR count). The van der Waals surface area contributed by atoms with Crippen LogP contribution in [0.5, 0.6) is 0 Å². The van der Waals surface area contributed by atoms with Gasteiger partial charge < -0.3 is 20.6 Å². The summed E-state index contributed by atoms with van der Waals surface area (Å²) in [4.78, 5) is 15.7. The normalized spacial score (nSPS) is 14.5. The molecule has 9 heteroatoms. The van der Waals surface area contributed by atoms with E-state index < -0.39 is 29.7 Å². The van der Waals surface area contributed by atoms with Gasteiger partial charge in [0.1, 0.15) is 11.6 Å². The van der Waals surface area contributed by atoms with Crippen LogP contribution < -0.4 is 10.6 Å². The molecule has 232 valence electrons. The number of halogens is 3. The summed E-state index contributed by atoms with van der Waals surface area (Å²) in [5.74, 6) is 0.680. The zero-order chi connectivity index (χ0) is 31.0. The number of carbonyl (C=O) groups excluding carboxylic acids is 1. The molecule has 3 N–H and O–H groups in total. The maximum absolute atomic E-state index is 14.0. The Balaban J connectivity index is 0.00000529. The number of aliphatic hydroxyl groups excluding tert-OH is 1. The predicted molar refractivity (Wildman–Crippen MR) is 170 cm³/mol. The molecule has 0 aliphatic heterocycles. The number of benzene rings is 3. The van der Waals surface area contributed by atoms with Crippen LogP contribution in [0, 0.1) is 35.3 Å². The van der Waals surface area contributed by atoms with Crippen molar-refractivity contribution < 1.29 is 18.7 Å². The van der Waals surface area contributed by atoms with E-state index in [9.17, 15) is 23.9 Å². The van der Waals surface area contributed by atoms with Gasteiger partial charge in [0.15, 0.2) is 0 Å². The summed E-state index contributed by atoms with van der Waals surface area (Å²) in [6.45, 7) is 3.69. The van der Waals surface area contributed by atoms with Gasteiger partial charge in [-0.1, -0.05) is 31.4 Å². The van der Waals surface area contributed by atoms with Gasteiger partial charge in [-0.2, -0.15) is 5.26 Å². The molecule has 0 aromatic heterocycles. The van der Waals surface area contributed by atoms with Crippen molar-refractivity contribution in [3.05, 3.63) is 106 Å². The smallest absolute Gasteiger partial charge is 0.251 e. The van der Waals surface area contributed by atoms with Crippen molar-refractivity contribution in [2.24, 2.45) is 0 Å². The second kappa shape index (κ2) is 15.8. The highest BCUT2D eigenvalue weighted by Crippen LogP contribution is 2.45. The molecule has 0 spiro atoms. The quantitative estimate of drug-likeness (QED) is 0.209. The zero-order valence-electron chi connectivity index (χ0n) is 25.1. The van der Waals surface area contributed by atoms with Crippen molar-refractivity contribution in [3.8, 4) is 18.4 Å². The number of hydrogen-bond donors (Lipinski definition) is 3. The lowest BCUT2D eigenvalue weighted by Gasteiger charge is -2.27. The van der Waals surface area contributed by atoms with Crippen LogP contribution in [0.4, 0.5) is 8.78 Å². The number of amides is 1. The molecule has 1 fully saturated rings. The van der Waals surface area contributed by atoms with Crippen LogP contribution in [0.2, 0.25) is 0 Å². The second-order valence-corrected chi connectivity index (χ2v) is 11.4. The van der Waals surface area contributed by atoms with Gasteiger partial charge in [0.2, 0.25) is 0 Å². The lowest BCUT2D eigenvalue weighted by Crippen LogP contribution is -2.50. The molecule has 0 bridgehead atoms. The summed E-state index contributed by atoms with van der Waals surface area (Å²) in [7, 11) is 1.99. The van der Waals surface area contributed by atoms with Crippen LogP contribution in [0.3, 0.4) is 0 Å². The fourth-order valence-electron chi connectivity index (χ4n) is 5.36. The molecule has 1 aliphatic carbocycles. The Morgan fingerprint density at radius 3 is 2.45 bits per heavy atom. The highest BCUT2D eigenvalue weighted by molar-refractivity contribution is 5.95. The first-order valence-electron chi connectivity index (χ1n) is 14.6. The van der Waals surface area contributed by atoms with Crippen molar-refractivity contribution in [1.82, 2.24) is 15.5 Å². The van der Waals surface area contributed by atoms with E-state index in [2.05, 4.69) is 34.4 Å². The van der Waals surface area contributed by atoms with Crippen molar-refractivity contribution in [3.63, 3.8) is 0 Å². The van der Waals surface area contributed by atoms with E-state index in [-0.39, 0.29) is 36.5 Å². The molecule has 44 heavy (non-hydrogen) atoms. The minimum atomic E-state index is -1.10. The minimum absolute atomic E-state index is 0. The maximum atomic E-state index is 14.0. The fraction of sp³-hybridized carbons (Fsp3) is 0.371. The Labute approximate surface area is 264 Å². The molecule has 3 aromatic rings. The third-order valence-electron chi connectivity index (χ3n) is 7.87. The topological polar surface area (TPSA) is 88.4 Å². The molecule has 0 saturated heterocycles. The van der Waals surface area contributed by atoms with Crippen LogP contribution in [0.15, 0.2) is 60.7 Å². The van der Waals surface area contributed by atoms with Gasteiger partial charge in [-0.05, 0) is 98.4 Å². The number of terminal acetylenes is 1. The third kappa shape index (κ3) is 9.35. The first kappa shape index (κ1) is 34.7. The number of nitrogens with one attached hydrogen (secondary N) is 2. The number of hydrogen-bond acceptors (Lipinski definition) is 5. The summed E-state index contributed by atoms with van der Waals surface area (Å²) < 4.78 is 28.1. The molecule has 3 aromatic carbocycles. The van der Waals surface area contributed by atoms with E-state index in [0.29, 0.717) is 17.7 Å². The van der Waals surface area contributed by atoms with E-state index >= 15 is 0 Å². The standard InChI is InChI=1S/C35H38F2N4O2.ClH/c1-4-6-12-41(3)23-27-13-26(21-38)14-28(15-27)34(43)40-32(19-25-17-30(36)20-31(37)18-25)33(42)22-39-35(10-11-35)29-9-7-8-24(5-2)16-29;/h2,7-9,13-18,20,32-33,39,42H,4,6,10-12,19,22-23H2,1,3H3,(H,40,43);1H/t32-,33-;/m0./s1. The van der Waals surface area contributed by atoms with Crippen LogP contribution in [-0.2, 0) is 18.5 Å². The summed E-state index contributed by atoms with van der Waals surface area (Å²) >= 11 is 0. The van der Waals surface area contributed by atoms with Crippen molar-refractivity contribution >= 4 is 18.3 Å². The molecule has 1 amide bonds. The first-order chi connectivity index (χ1) is 20.6. The highest BCUT2D eigenvalue weighted by Gasteiger charge is 2.44. The van der Waals surface area contributed by atoms with Crippen molar-refractivity contribution in [1.29, 1.82) is 5.26 Å². The number of aliphatic hydroxyl groups is 1.